The van der Waals surface area contributed by atoms with Crippen LogP contribution in [0.4, 0.5) is 0 Å². The van der Waals surface area contributed by atoms with E-state index in [-0.39, 0.29) is 11.9 Å². The Bertz CT molecular complexity index is 167. The van der Waals surface area contributed by atoms with Crippen molar-refractivity contribution >= 4 is 5.91 Å². The van der Waals surface area contributed by atoms with Crippen molar-refractivity contribution in [3.63, 3.8) is 0 Å². The smallest absolute Gasteiger partial charge is 0.236 e. The molecule has 0 bridgehead atoms. The molecule has 3 heteroatoms. The van der Waals surface area contributed by atoms with Crippen molar-refractivity contribution in [2.24, 2.45) is 5.92 Å². The Balaban J connectivity index is 3.62. The van der Waals surface area contributed by atoms with Crippen molar-refractivity contribution in [1.82, 2.24) is 10.6 Å². The van der Waals surface area contributed by atoms with E-state index in [0.29, 0.717) is 12.0 Å². The van der Waals surface area contributed by atoms with Gasteiger partial charge in [0.2, 0.25) is 5.91 Å². The zero-order valence-corrected chi connectivity index (χ0v) is 10.1. The first-order chi connectivity index (χ1) is 6.43. The van der Waals surface area contributed by atoms with Crippen LogP contribution in [-0.4, -0.2) is 24.5 Å². The molecule has 1 atom stereocenters. The van der Waals surface area contributed by atoms with Crippen LogP contribution in [0.15, 0.2) is 0 Å². The second-order valence-corrected chi connectivity index (χ2v) is 4.52. The molecule has 14 heavy (non-hydrogen) atoms. The van der Waals surface area contributed by atoms with Crippen molar-refractivity contribution in [2.45, 2.75) is 53.1 Å². The van der Waals surface area contributed by atoms with Crippen LogP contribution in [0.25, 0.3) is 0 Å². The molecule has 0 fully saturated rings. The molecule has 84 valence electrons. The van der Waals surface area contributed by atoms with E-state index >= 15 is 0 Å². The summed E-state index contributed by atoms with van der Waals surface area (Å²) in [6, 6.07) is 0.253. The lowest BCUT2D eigenvalue weighted by atomic mass is 10.1. The molecule has 0 rings (SSSR count). The molecule has 0 aromatic rings. The summed E-state index contributed by atoms with van der Waals surface area (Å²) in [6.45, 7) is 11.1. The normalized spacial score (nSPS) is 13.4. The fraction of sp³-hybridized carbons (Fsp3) is 0.909. The Morgan fingerprint density at radius 2 is 1.71 bits per heavy atom. The van der Waals surface area contributed by atoms with Crippen molar-refractivity contribution in [3.8, 4) is 0 Å². The van der Waals surface area contributed by atoms with Gasteiger partial charge in [-0.1, -0.05) is 27.7 Å². The van der Waals surface area contributed by atoms with Crippen LogP contribution in [0.5, 0.6) is 0 Å². The van der Waals surface area contributed by atoms with Gasteiger partial charge in [-0.05, 0) is 19.3 Å². The van der Waals surface area contributed by atoms with Crippen molar-refractivity contribution in [2.75, 3.05) is 6.54 Å². The van der Waals surface area contributed by atoms with E-state index in [2.05, 4.69) is 24.5 Å². The third-order valence-electron chi connectivity index (χ3n) is 2.00. The van der Waals surface area contributed by atoms with Crippen LogP contribution >= 0.6 is 0 Å². The summed E-state index contributed by atoms with van der Waals surface area (Å²) in [5, 5.41) is 6.09. The SMILES string of the molecule is CC(C)CCNC(=O)[C@@H](C)NC(C)C. The number of hydrogen-bond acceptors (Lipinski definition) is 2. The van der Waals surface area contributed by atoms with Crippen LogP contribution in [0.2, 0.25) is 0 Å². The standard InChI is InChI=1S/C11H24N2O/c1-8(2)6-7-12-11(14)10(5)13-9(3)4/h8-10,13H,6-7H2,1-5H3,(H,12,14)/t10-/m1/s1. The molecule has 0 aliphatic heterocycles. The van der Waals surface area contributed by atoms with Gasteiger partial charge in [0, 0.05) is 12.6 Å². The van der Waals surface area contributed by atoms with Crippen molar-refractivity contribution < 1.29 is 4.79 Å². The summed E-state index contributed by atoms with van der Waals surface area (Å²) in [5.74, 6) is 0.739. The largest absolute Gasteiger partial charge is 0.355 e. The molecule has 1 amide bonds. The maximum Gasteiger partial charge on any atom is 0.236 e. The van der Waals surface area contributed by atoms with Crippen molar-refractivity contribution in [1.29, 1.82) is 0 Å². The molecular weight excluding hydrogens is 176 g/mol. The summed E-state index contributed by atoms with van der Waals surface area (Å²) in [7, 11) is 0. The highest BCUT2D eigenvalue weighted by atomic mass is 16.2. The number of nitrogens with one attached hydrogen (secondary N) is 2. The highest BCUT2D eigenvalue weighted by Crippen LogP contribution is 1.96. The molecule has 0 aliphatic rings. The van der Waals surface area contributed by atoms with Crippen LogP contribution in [0.3, 0.4) is 0 Å². The first-order valence-electron chi connectivity index (χ1n) is 5.47. The Morgan fingerprint density at radius 1 is 1.14 bits per heavy atom. The van der Waals surface area contributed by atoms with Gasteiger partial charge in [-0.3, -0.25) is 4.79 Å². The minimum Gasteiger partial charge on any atom is -0.355 e. The van der Waals surface area contributed by atoms with E-state index in [9.17, 15) is 4.79 Å². The number of hydrogen-bond donors (Lipinski definition) is 2. The van der Waals surface area contributed by atoms with Gasteiger partial charge in [-0.2, -0.15) is 0 Å². The van der Waals surface area contributed by atoms with Gasteiger partial charge in [0.05, 0.1) is 6.04 Å². The molecule has 0 saturated heterocycles. The van der Waals surface area contributed by atoms with Gasteiger partial charge in [-0.15, -0.1) is 0 Å². The van der Waals surface area contributed by atoms with Gasteiger partial charge in [0.15, 0.2) is 0 Å². The Kier molecular flexibility index (Phi) is 6.54. The van der Waals surface area contributed by atoms with Crippen LogP contribution in [-0.2, 0) is 4.79 Å². The predicted octanol–water partition coefficient (Wildman–Crippen LogP) is 1.54. The second kappa shape index (κ2) is 6.82. The molecule has 2 N–H and O–H groups in total. The van der Waals surface area contributed by atoms with Gasteiger partial charge >= 0.3 is 0 Å². The molecule has 0 aromatic heterocycles. The van der Waals surface area contributed by atoms with E-state index in [0.717, 1.165) is 13.0 Å². The average Bonchev–Trinajstić information content (AvgIpc) is 2.01. The molecule has 0 aromatic carbocycles. The van der Waals surface area contributed by atoms with E-state index < -0.39 is 0 Å². The Morgan fingerprint density at radius 3 is 2.14 bits per heavy atom. The first-order valence-corrected chi connectivity index (χ1v) is 5.47. The maximum absolute atomic E-state index is 11.5. The van der Waals surface area contributed by atoms with Gasteiger partial charge in [0.25, 0.3) is 0 Å². The second-order valence-electron chi connectivity index (χ2n) is 4.52. The fourth-order valence-corrected chi connectivity index (χ4v) is 1.21. The lowest BCUT2D eigenvalue weighted by Crippen LogP contribution is -2.45. The van der Waals surface area contributed by atoms with E-state index in [1.54, 1.807) is 0 Å². The number of carbonyl (C=O) groups is 1. The lowest BCUT2D eigenvalue weighted by molar-refractivity contribution is -0.122. The van der Waals surface area contributed by atoms with Crippen molar-refractivity contribution in [3.05, 3.63) is 0 Å². The number of rotatable bonds is 6. The molecule has 0 aliphatic carbocycles. The molecule has 0 saturated carbocycles. The molecule has 0 spiro atoms. The van der Waals surface area contributed by atoms with Gasteiger partial charge in [0.1, 0.15) is 0 Å². The zero-order chi connectivity index (χ0) is 11.1. The van der Waals surface area contributed by atoms with E-state index in [4.69, 9.17) is 0 Å². The van der Waals surface area contributed by atoms with E-state index in [1.807, 2.05) is 20.8 Å². The average molecular weight is 200 g/mol. The molecule has 0 heterocycles. The highest BCUT2D eigenvalue weighted by Gasteiger charge is 2.12. The summed E-state index contributed by atoms with van der Waals surface area (Å²) >= 11 is 0. The molecule has 3 nitrogen and oxygen atoms in total. The molecule has 0 radical (unpaired) electrons. The zero-order valence-electron chi connectivity index (χ0n) is 10.1. The van der Waals surface area contributed by atoms with Crippen LogP contribution < -0.4 is 10.6 Å². The maximum atomic E-state index is 11.5. The topological polar surface area (TPSA) is 41.1 Å². The monoisotopic (exact) mass is 200 g/mol. The summed E-state index contributed by atoms with van der Waals surface area (Å²) in [4.78, 5) is 11.5. The first kappa shape index (κ1) is 13.4. The van der Waals surface area contributed by atoms with E-state index in [1.165, 1.54) is 0 Å². The third-order valence-corrected chi connectivity index (χ3v) is 2.00. The molecule has 0 unspecified atom stereocenters. The Labute approximate surface area is 87.6 Å². The summed E-state index contributed by atoms with van der Waals surface area (Å²) in [6.07, 6.45) is 1.04. The number of amides is 1. The lowest BCUT2D eigenvalue weighted by Gasteiger charge is -2.16. The van der Waals surface area contributed by atoms with Gasteiger partial charge in [-0.25, -0.2) is 0 Å². The quantitative estimate of drug-likeness (QED) is 0.683. The predicted molar refractivity (Wildman–Crippen MR) is 60.2 cm³/mol. The third kappa shape index (κ3) is 6.89. The summed E-state index contributed by atoms with van der Waals surface area (Å²) in [5.41, 5.74) is 0. The van der Waals surface area contributed by atoms with Gasteiger partial charge < -0.3 is 10.6 Å². The number of carbonyl (C=O) groups excluding carboxylic acids is 1. The summed E-state index contributed by atoms with van der Waals surface area (Å²) < 4.78 is 0. The highest BCUT2D eigenvalue weighted by molar-refractivity contribution is 5.81. The molecular formula is C11H24N2O. The minimum atomic E-state index is -0.0952. The Hall–Kier alpha value is -0.570. The minimum absolute atomic E-state index is 0.0952. The fourth-order valence-electron chi connectivity index (χ4n) is 1.21. The van der Waals surface area contributed by atoms with Crippen LogP contribution in [0.1, 0.15) is 41.0 Å². The van der Waals surface area contributed by atoms with Crippen LogP contribution in [0, 0.1) is 5.92 Å².